The number of halogens is 27. The molecule has 0 spiro atoms. The van der Waals surface area contributed by atoms with Crippen molar-refractivity contribution in [1.29, 1.82) is 0 Å². The second kappa shape index (κ2) is 29.6. The maximum absolute atomic E-state index is 14.8. The van der Waals surface area contributed by atoms with E-state index in [-0.39, 0.29) is 113 Å². The van der Waals surface area contributed by atoms with Crippen molar-refractivity contribution in [2.45, 2.75) is 71.8 Å². The van der Waals surface area contributed by atoms with Gasteiger partial charge in [-0.05, 0) is 36.4 Å². The highest BCUT2D eigenvalue weighted by molar-refractivity contribution is 5.58. The van der Waals surface area contributed by atoms with Crippen molar-refractivity contribution >= 4 is 35.4 Å². The standard InChI is InChI=1S/C58H46F27N17O6/c59-47(60,50(65,66)53(71,72)56(77,78)79)29-103-41-88-38(91-44(94-41)106-32-10-4-1-5-11-32)100-20-16-97(17-21-100)35-28-36(98-18-22-101(23-19-98)39-89-42(95-45(92-39)107-33-12-6-2-7-13-33)104-30-48(61,62)51(67,68)54(73,74)57(80,81)82)87-37(86-35)99-24-26-102(27-25-99)40-90-43(96-46(93-40)108-34-14-8-3-9-15-34)105-31-49(63,64)52(69,70)55(75,76)58(83,84)85/h1-15,28H,16-27,29-31H2. The van der Waals surface area contributed by atoms with E-state index < -0.39 is 146 Å². The molecule has 0 bridgehead atoms. The minimum atomic E-state index is -7.29. The third-order valence-electron chi connectivity index (χ3n) is 15.7. The van der Waals surface area contributed by atoms with Crippen LogP contribution in [0.15, 0.2) is 97.1 Å². The lowest BCUT2D eigenvalue weighted by atomic mass is 10.0. The van der Waals surface area contributed by atoms with Gasteiger partial charge in [0.15, 0.2) is 19.8 Å². The van der Waals surface area contributed by atoms with Crippen LogP contribution in [0.3, 0.4) is 0 Å². The number of ether oxygens (including phenoxy) is 6. The van der Waals surface area contributed by atoms with Crippen molar-refractivity contribution in [3.05, 3.63) is 97.1 Å². The molecular weight excluding hydrogens is 1540 g/mol. The van der Waals surface area contributed by atoms with Gasteiger partial charge in [-0.3, -0.25) is 0 Å². The van der Waals surface area contributed by atoms with Gasteiger partial charge in [-0.25, -0.2) is 0 Å². The normalized spacial score (nSPS) is 16.0. The van der Waals surface area contributed by atoms with Crippen LogP contribution >= 0.6 is 0 Å². The Morgan fingerprint density at radius 3 is 0.667 bits per heavy atom. The minimum Gasteiger partial charge on any atom is -0.457 e. The summed E-state index contributed by atoms with van der Waals surface area (Å²) in [5, 5.41) is 0. The lowest BCUT2D eigenvalue weighted by molar-refractivity contribution is -0.398. The van der Waals surface area contributed by atoms with E-state index in [1.165, 1.54) is 117 Å². The molecule has 0 unspecified atom stereocenters. The van der Waals surface area contributed by atoms with E-state index in [9.17, 15) is 119 Å². The molecule has 10 rings (SSSR count). The first kappa shape index (κ1) is 80.0. The Balaban J connectivity index is 0.933. The van der Waals surface area contributed by atoms with Gasteiger partial charge in [0.05, 0.1) is 0 Å². The van der Waals surface area contributed by atoms with Crippen molar-refractivity contribution in [1.82, 2.24) is 54.8 Å². The number of nitrogens with zero attached hydrogens (tertiary/aromatic N) is 17. The number of alkyl halides is 27. The second-order valence-corrected chi connectivity index (χ2v) is 23.1. The molecule has 7 heterocycles. The average Bonchev–Trinajstić information content (AvgIpc) is 0.753. The molecule has 0 N–H and O–H groups in total. The van der Waals surface area contributed by atoms with Crippen LogP contribution in [0.1, 0.15) is 0 Å². The molecular formula is C58H46F27N17O6. The van der Waals surface area contributed by atoms with Crippen LogP contribution in [0.4, 0.5) is 154 Å². The summed E-state index contributed by atoms with van der Waals surface area (Å²) in [6.45, 7) is -11.0. The molecule has 3 aromatic carbocycles. The zero-order chi connectivity index (χ0) is 79.1. The summed E-state index contributed by atoms with van der Waals surface area (Å²) < 4.78 is 404. The highest BCUT2D eigenvalue weighted by atomic mass is 19.4. The molecule has 23 nitrogen and oxygen atoms in total. The zero-order valence-corrected chi connectivity index (χ0v) is 53.6. The van der Waals surface area contributed by atoms with E-state index in [0.717, 1.165) is 0 Å². The van der Waals surface area contributed by atoms with Gasteiger partial charge in [-0.1, -0.05) is 54.6 Å². The first-order valence-electron chi connectivity index (χ1n) is 30.5. The molecule has 3 aliphatic heterocycles. The lowest BCUT2D eigenvalue weighted by Gasteiger charge is -2.39. The number of piperazine rings is 3. The van der Waals surface area contributed by atoms with Gasteiger partial charge in [0.25, 0.3) is 0 Å². The number of anilines is 6. The average molecular weight is 1590 g/mol. The summed E-state index contributed by atoms with van der Waals surface area (Å²) >= 11 is 0. The fraction of sp³-hybridized carbons (Fsp3) is 0.466. The Labute approximate surface area is 586 Å². The van der Waals surface area contributed by atoms with Crippen molar-refractivity contribution in [3.63, 3.8) is 0 Å². The molecule has 108 heavy (non-hydrogen) atoms. The molecule has 3 fully saturated rings. The Kier molecular flexibility index (Phi) is 21.9. The monoisotopic (exact) mass is 1590 g/mol. The van der Waals surface area contributed by atoms with Crippen LogP contribution in [0, 0.1) is 0 Å². The maximum Gasteiger partial charge on any atom is 0.460 e. The molecule has 7 aromatic rings. The van der Waals surface area contributed by atoms with Gasteiger partial charge >= 0.3 is 108 Å². The van der Waals surface area contributed by atoms with Crippen LogP contribution < -0.4 is 57.8 Å². The Morgan fingerprint density at radius 2 is 0.444 bits per heavy atom. The van der Waals surface area contributed by atoms with Gasteiger partial charge in [0.2, 0.25) is 23.8 Å². The van der Waals surface area contributed by atoms with E-state index in [2.05, 4.69) is 59.1 Å². The van der Waals surface area contributed by atoms with Crippen LogP contribution in [0.2, 0.25) is 0 Å². The predicted octanol–water partition coefficient (Wildman–Crippen LogP) is 12.9. The first-order chi connectivity index (χ1) is 50.1. The lowest BCUT2D eigenvalue weighted by Crippen LogP contribution is -2.62. The fourth-order valence-electron chi connectivity index (χ4n) is 9.73. The molecule has 4 aromatic heterocycles. The molecule has 50 heteroatoms. The maximum atomic E-state index is 14.8. The van der Waals surface area contributed by atoms with E-state index in [4.69, 9.17) is 24.2 Å². The highest BCUT2D eigenvalue weighted by Crippen LogP contribution is 2.56. The van der Waals surface area contributed by atoms with Crippen LogP contribution in [-0.2, 0) is 0 Å². The van der Waals surface area contributed by atoms with Gasteiger partial charge < -0.3 is 57.8 Å². The minimum absolute atomic E-state index is 0.0578. The summed E-state index contributed by atoms with van der Waals surface area (Å²) in [6, 6.07) is 16.0. The van der Waals surface area contributed by atoms with Crippen LogP contribution in [0.5, 0.6) is 53.3 Å². The topological polar surface area (TPSA) is 217 Å². The Hall–Kier alpha value is -10.5. The highest BCUT2D eigenvalue weighted by Gasteiger charge is 2.84. The smallest absolute Gasteiger partial charge is 0.457 e. The van der Waals surface area contributed by atoms with Gasteiger partial charge in [-0.15, -0.1) is 15.0 Å². The number of hydrogen-bond donors (Lipinski definition) is 0. The van der Waals surface area contributed by atoms with Gasteiger partial charge in [0, 0.05) is 84.6 Å². The molecule has 0 amide bonds. The van der Waals surface area contributed by atoms with Crippen molar-refractivity contribution < 1.29 is 147 Å². The van der Waals surface area contributed by atoms with Gasteiger partial charge in [0.1, 0.15) is 28.9 Å². The molecule has 0 saturated carbocycles. The van der Waals surface area contributed by atoms with Crippen molar-refractivity contribution in [3.8, 4) is 53.3 Å². The summed E-state index contributed by atoms with van der Waals surface area (Å²) in [5.41, 5.74) is 0. The van der Waals surface area contributed by atoms with Crippen molar-refractivity contribution in [2.24, 2.45) is 0 Å². The molecule has 0 radical (unpaired) electrons. The molecule has 3 saturated heterocycles. The molecule has 0 atom stereocenters. The molecule has 588 valence electrons. The number of aromatic nitrogens is 11. The summed E-state index contributed by atoms with van der Waals surface area (Å²) in [6.07, 6.45) is -21.5. The number of rotatable bonds is 27. The number of para-hydroxylation sites is 3. The second-order valence-electron chi connectivity index (χ2n) is 23.1. The quantitative estimate of drug-likeness (QED) is 0.0437. The predicted molar refractivity (Wildman–Crippen MR) is 314 cm³/mol. The van der Waals surface area contributed by atoms with E-state index >= 15 is 0 Å². The van der Waals surface area contributed by atoms with Crippen LogP contribution in [-0.4, -0.2) is 225 Å². The summed E-state index contributed by atoms with van der Waals surface area (Å²) in [5.74, 6) is -63.7. The summed E-state index contributed by atoms with van der Waals surface area (Å²) in [7, 11) is 0. The first-order valence-corrected chi connectivity index (χ1v) is 30.5. The molecule has 0 aliphatic carbocycles. The number of hydrogen-bond acceptors (Lipinski definition) is 23. The van der Waals surface area contributed by atoms with Gasteiger partial charge in [-0.2, -0.15) is 158 Å². The number of benzene rings is 3. The van der Waals surface area contributed by atoms with E-state index in [1.807, 2.05) is 0 Å². The molecule has 3 aliphatic rings. The van der Waals surface area contributed by atoms with E-state index in [0.29, 0.717) is 0 Å². The van der Waals surface area contributed by atoms with E-state index in [1.54, 1.807) is 9.80 Å². The van der Waals surface area contributed by atoms with Crippen molar-refractivity contribution in [2.75, 3.05) is 128 Å². The third-order valence-corrected chi connectivity index (χ3v) is 15.7. The Bertz CT molecular complexity index is 3790. The third kappa shape index (κ3) is 16.6. The van der Waals surface area contributed by atoms with Crippen LogP contribution in [0.25, 0.3) is 0 Å². The summed E-state index contributed by atoms with van der Waals surface area (Å²) in [4.78, 5) is 52.6. The fourth-order valence-corrected chi connectivity index (χ4v) is 9.73. The zero-order valence-electron chi connectivity index (χ0n) is 53.6. The largest absolute Gasteiger partial charge is 0.460 e. The SMILES string of the molecule is FC(F)(F)C(F)(F)C(F)(F)C(F)(F)COc1nc(Oc2ccccc2)nc(N2CCN(c3cc(N4CCN(c5nc(OCC(F)(F)C(F)(F)C(F)(F)C(F)(F)F)nc(Oc6ccccc6)n5)CC4)nc(N4CCN(c5nc(OCC(F)(F)C(F)(F)C(F)(F)C(F)(F)F)nc(Oc6ccccc6)n5)CC4)n3)CC2)n1. The Morgan fingerprint density at radius 1 is 0.241 bits per heavy atom.